The van der Waals surface area contributed by atoms with E-state index in [9.17, 15) is 26.7 Å². The Morgan fingerprint density at radius 2 is 1.87 bits per heavy atom. The summed E-state index contributed by atoms with van der Waals surface area (Å²) < 4.78 is 76.7. The number of hydrogen-bond acceptors (Lipinski definition) is 7. The lowest BCUT2D eigenvalue weighted by Gasteiger charge is -2.14. The van der Waals surface area contributed by atoms with Gasteiger partial charge in [0.05, 0.1) is 11.8 Å². The number of benzene rings is 1. The Bertz CT molecular complexity index is 1540. The third kappa shape index (κ3) is 5.37. The van der Waals surface area contributed by atoms with Crippen LogP contribution >= 0.6 is 0 Å². The molecule has 14 heteroatoms. The van der Waals surface area contributed by atoms with Crippen molar-refractivity contribution in [3.8, 4) is 29.2 Å². The number of nitrogens with two attached hydrogens (primary N) is 1. The van der Waals surface area contributed by atoms with E-state index >= 15 is 0 Å². The van der Waals surface area contributed by atoms with E-state index in [1.54, 1.807) is 0 Å². The van der Waals surface area contributed by atoms with Crippen molar-refractivity contribution in [2.45, 2.75) is 6.18 Å². The van der Waals surface area contributed by atoms with Crippen LogP contribution in [0.15, 0.2) is 55.0 Å². The van der Waals surface area contributed by atoms with Gasteiger partial charge in [0.2, 0.25) is 0 Å². The highest BCUT2D eigenvalue weighted by atomic mass is 19.4. The molecule has 0 radical (unpaired) electrons. The monoisotopic (exact) mass is 530 g/mol. The maximum Gasteiger partial charge on any atom is 0.434 e. The predicted octanol–water partition coefficient (Wildman–Crippen LogP) is 3.93. The molecule has 0 spiro atoms. The summed E-state index contributed by atoms with van der Waals surface area (Å²) in [6, 6.07) is 6.69. The zero-order chi connectivity index (χ0) is 27.4. The van der Waals surface area contributed by atoms with Gasteiger partial charge < -0.3 is 20.9 Å². The van der Waals surface area contributed by atoms with Crippen LogP contribution in [-0.2, 0) is 6.18 Å². The standard InChI is InChI=1S/C24H15F5N6O3/c25-16-10-13(11-17(26)20(16)38-18-6-8-32-22(30)14(18)4-3-9-36)34-23(37)15-12-33-35(21(15)24(27,28)29)19-5-1-2-7-31-19/h1-2,5-8,10-12,36H,9H2,(H2,30,32)(H,34,37). The molecule has 0 saturated heterocycles. The highest BCUT2D eigenvalue weighted by Crippen LogP contribution is 2.35. The van der Waals surface area contributed by atoms with E-state index in [0.717, 1.165) is 0 Å². The second-order valence-electron chi connectivity index (χ2n) is 7.36. The number of halogens is 5. The summed E-state index contributed by atoms with van der Waals surface area (Å²) in [5.41, 5.74) is 2.84. The van der Waals surface area contributed by atoms with E-state index in [0.29, 0.717) is 23.0 Å². The van der Waals surface area contributed by atoms with Gasteiger partial charge in [-0.3, -0.25) is 4.79 Å². The van der Waals surface area contributed by atoms with E-state index in [4.69, 9.17) is 15.6 Å². The second kappa shape index (κ2) is 10.5. The zero-order valence-electron chi connectivity index (χ0n) is 18.9. The Kier molecular flexibility index (Phi) is 7.22. The summed E-state index contributed by atoms with van der Waals surface area (Å²) in [7, 11) is 0. The van der Waals surface area contributed by atoms with Crippen LogP contribution in [0.2, 0.25) is 0 Å². The highest BCUT2D eigenvalue weighted by Gasteiger charge is 2.41. The van der Waals surface area contributed by atoms with Crippen molar-refractivity contribution >= 4 is 17.4 Å². The molecule has 194 valence electrons. The molecule has 0 bridgehead atoms. The molecule has 1 amide bonds. The van der Waals surface area contributed by atoms with Gasteiger partial charge in [-0.1, -0.05) is 17.9 Å². The number of pyridine rings is 2. The number of ether oxygens (including phenoxy) is 1. The number of rotatable bonds is 5. The first kappa shape index (κ1) is 26.0. The third-order valence-electron chi connectivity index (χ3n) is 4.85. The number of nitrogens with one attached hydrogen (secondary N) is 1. The summed E-state index contributed by atoms with van der Waals surface area (Å²) in [4.78, 5) is 20.3. The Hall–Kier alpha value is -5.03. The van der Waals surface area contributed by atoms with Crippen LogP contribution in [0.1, 0.15) is 21.6 Å². The van der Waals surface area contributed by atoms with Crippen molar-refractivity contribution in [1.82, 2.24) is 19.7 Å². The molecule has 4 aromatic rings. The lowest BCUT2D eigenvalue weighted by Crippen LogP contribution is -2.21. The van der Waals surface area contributed by atoms with Gasteiger partial charge in [0.15, 0.2) is 28.9 Å². The minimum absolute atomic E-state index is 0.0395. The van der Waals surface area contributed by atoms with Gasteiger partial charge in [-0.25, -0.2) is 23.4 Å². The maximum atomic E-state index is 14.8. The van der Waals surface area contributed by atoms with Crippen LogP contribution in [-0.4, -0.2) is 37.4 Å². The van der Waals surface area contributed by atoms with Crippen molar-refractivity contribution < 1.29 is 36.6 Å². The number of carbonyl (C=O) groups excluding carboxylic acids is 1. The lowest BCUT2D eigenvalue weighted by atomic mass is 10.2. The Balaban J connectivity index is 1.64. The molecule has 0 aliphatic carbocycles. The van der Waals surface area contributed by atoms with Crippen molar-refractivity contribution in [3.63, 3.8) is 0 Å². The fourth-order valence-electron chi connectivity index (χ4n) is 3.28. The van der Waals surface area contributed by atoms with E-state index in [1.165, 1.54) is 36.7 Å². The zero-order valence-corrected chi connectivity index (χ0v) is 18.9. The highest BCUT2D eigenvalue weighted by molar-refractivity contribution is 6.05. The van der Waals surface area contributed by atoms with Crippen molar-refractivity contribution in [1.29, 1.82) is 0 Å². The van der Waals surface area contributed by atoms with E-state index in [1.807, 2.05) is 5.32 Å². The maximum absolute atomic E-state index is 14.8. The van der Waals surface area contributed by atoms with Gasteiger partial charge in [-0.15, -0.1) is 0 Å². The van der Waals surface area contributed by atoms with Crippen LogP contribution in [0.5, 0.6) is 11.5 Å². The number of alkyl halides is 3. The van der Waals surface area contributed by atoms with Gasteiger partial charge >= 0.3 is 6.18 Å². The topological polar surface area (TPSA) is 128 Å². The predicted molar refractivity (Wildman–Crippen MR) is 123 cm³/mol. The van der Waals surface area contributed by atoms with Gasteiger partial charge in [0.25, 0.3) is 5.91 Å². The van der Waals surface area contributed by atoms with Crippen LogP contribution < -0.4 is 15.8 Å². The van der Waals surface area contributed by atoms with E-state index < -0.39 is 53.0 Å². The molecule has 0 atom stereocenters. The number of amides is 1. The van der Waals surface area contributed by atoms with Crippen molar-refractivity contribution in [2.24, 2.45) is 0 Å². The molecule has 4 N–H and O–H groups in total. The molecule has 3 heterocycles. The minimum Gasteiger partial charge on any atom is -0.450 e. The first-order valence-electron chi connectivity index (χ1n) is 10.5. The molecule has 0 fully saturated rings. The molecule has 0 unspecified atom stereocenters. The number of hydrogen-bond donors (Lipinski definition) is 3. The van der Waals surface area contributed by atoms with Gasteiger partial charge in [-0.2, -0.15) is 18.3 Å². The minimum atomic E-state index is -5.02. The number of anilines is 2. The van der Waals surface area contributed by atoms with Crippen LogP contribution in [0.25, 0.3) is 5.82 Å². The largest absolute Gasteiger partial charge is 0.450 e. The number of aliphatic hydroxyl groups is 1. The SMILES string of the molecule is Nc1nccc(Oc2c(F)cc(NC(=O)c3cnn(-c4ccccn4)c3C(F)(F)F)cc2F)c1C#CCO. The first-order chi connectivity index (χ1) is 18.1. The van der Waals surface area contributed by atoms with E-state index in [2.05, 4.69) is 26.9 Å². The number of carbonyl (C=O) groups is 1. The molecule has 3 aromatic heterocycles. The molecule has 1 aromatic carbocycles. The van der Waals surface area contributed by atoms with Gasteiger partial charge in [0.1, 0.15) is 23.7 Å². The summed E-state index contributed by atoms with van der Waals surface area (Å²) >= 11 is 0. The quantitative estimate of drug-likeness (QED) is 0.264. The third-order valence-corrected chi connectivity index (χ3v) is 4.85. The molecular weight excluding hydrogens is 515 g/mol. The molecule has 0 aliphatic rings. The Morgan fingerprint density at radius 1 is 1.13 bits per heavy atom. The molecule has 38 heavy (non-hydrogen) atoms. The van der Waals surface area contributed by atoms with E-state index in [-0.39, 0.29) is 22.9 Å². The molecule has 0 aliphatic heterocycles. The average Bonchev–Trinajstić information content (AvgIpc) is 3.33. The number of aromatic nitrogens is 4. The normalized spacial score (nSPS) is 11.0. The number of nitrogen functional groups attached to an aromatic ring is 1. The summed E-state index contributed by atoms with van der Waals surface area (Å²) in [6.45, 7) is -0.526. The van der Waals surface area contributed by atoms with Crippen molar-refractivity contribution in [2.75, 3.05) is 17.7 Å². The Morgan fingerprint density at radius 3 is 2.50 bits per heavy atom. The second-order valence-corrected chi connectivity index (χ2v) is 7.36. The molecule has 0 saturated carbocycles. The number of nitrogens with zero attached hydrogens (tertiary/aromatic N) is 4. The fourth-order valence-corrected chi connectivity index (χ4v) is 3.28. The smallest absolute Gasteiger partial charge is 0.434 e. The summed E-state index contributed by atoms with van der Waals surface area (Å²) in [5.74, 6) is -0.541. The van der Waals surface area contributed by atoms with Crippen LogP contribution in [0.4, 0.5) is 33.5 Å². The van der Waals surface area contributed by atoms with Gasteiger partial charge in [-0.05, 0) is 12.1 Å². The average molecular weight is 530 g/mol. The summed E-state index contributed by atoms with van der Waals surface area (Å²) in [6.07, 6.45) is -1.91. The van der Waals surface area contributed by atoms with Crippen LogP contribution in [0, 0.1) is 23.5 Å². The van der Waals surface area contributed by atoms with Gasteiger partial charge in [0, 0.05) is 36.3 Å². The fraction of sp³-hybridized carbons (Fsp3) is 0.0833. The lowest BCUT2D eigenvalue weighted by molar-refractivity contribution is -0.143. The Labute approximate surface area is 210 Å². The van der Waals surface area contributed by atoms with Crippen molar-refractivity contribution in [3.05, 3.63) is 83.4 Å². The first-order valence-corrected chi connectivity index (χ1v) is 10.5. The summed E-state index contributed by atoms with van der Waals surface area (Å²) in [5, 5.41) is 14.5. The number of aliphatic hydroxyl groups excluding tert-OH is 1. The molecule has 4 rings (SSSR count). The molecule has 9 nitrogen and oxygen atoms in total. The van der Waals surface area contributed by atoms with Crippen LogP contribution in [0.3, 0.4) is 0 Å². The molecular formula is C24H15F5N6O3.